The van der Waals surface area contributed by atoms with Crippen LogP contribution in [-0.2, 0) is 4.79 Å². The lowest BCUT2D eigenvalue weighted by molar-refractivity contribution is -0.138. The van der Waals surface area contributed by atoms with Crippen molar-refractivity contribution in [1.82, 2.24) is 19.6 Å². The van der Waals surface area contributed by atoms with Gasteiger partial charge in [-0.15, -0.1) is 10.2 Å². The van der Waals surface area contributed by atoms with E-state index in [9.17, 15) is 4.79 Å². The van der Waals surface area contributed by atoms with Crippen LogP contribution in [0.5, 0.6) is 0 Å². The number of rotatable bonds is 6. The minimum atomic E-state index is -0.867. The Kier molecular flexibility index (Phi) is 3.71. The molecule has 0 radical (unpaired) electrons. The zero-order valence-electron chi connectivity index (χ0n) is 10.1. The van der Waals surface area contributed by atoms with Crippen LogP contribution in [0.25, 0.3) is 5.65 Å². The standard InChI is InChI=1S/C11H15N5O2/c1-2-3-4-8(11(17)18)14-9-5-12-6-10-15-13-7-16(9)10/h5-8,14H,2-4H2,1H3,(H,17,18). The number of nitrogens with zero attached hydrogens (tertiary/aromatic N) is 4. The maximum absolute atomic E-state index is 11.2. The smallest absolute Gasteiger partial charge is 0.326 e. The first-order chi connectivity index (χ1) is 8.72. The molecule has 0 aliphatic carbocycles. The first-order valence-corrected chi connectivity index (χ1v) is 5.85. The monoisotopic (exact) mass is 249 g/mol. The molecule has 1 unspecified atom stereocenters. The van der Waals surface area contributed by atoms with Gasteiger partial charge in [-0.2, -0.15) is 0 Å². The number of anilines is 1. The van der Waals surface area contributed by atoms with E-state index in [1.54, 1.807) is 16.8 Å². The number of aromatic nitrogens is 4. The van der Waals surface area contributed by atoms with Crippen molar-refractivity contribution < 1.29 is 9.90 Å². The Morgan fingerprint density at radius 2 is 2.39 bits per heavy atom. The summed E-state index contributed by atoms with van der Waals surface area (Å²) in [6.45, 7) is 2.03. The molecule has 7 heteroatoms. The molecule has 0 aliphatic rings. The van der Waals surface area contributed by atoms with E-state index in [0.717, 1.165) is 12.8 Å². The maximum Gasteiger partial charge on any atom is 0.326 e. The average molecular weight is 249 g/mol. The van der Waals surface area contributed by atoms with E-state index in [4.69, 9.17) is 5.11 Å². The fourth-order valence-corrected chi connectivity index (χ4v) is 1.71. The SMILES string of the molecule is CCCCC(Nc1cncc2nncn12)C(=O)O. The summed E-state index contributed by atoms with van der Waals surface area (Å²) in [6.07, 6.45) is 7.05. The summed E-state index contributed by atoms with van der Waals surface area (Å²) >= 11 is 0. The Morgan fingerprint density at radius 3 is 3.11 bits per heavy atom. The van der Waals surface area contributed by atoms with E-state index < -0.39 is 12.0 Å². The summed E-state index contributed by atoms with van der Waals surface area (Å²) < 4.78 is 1.68. The van der Waals surface area contributed by atoms with Crippen LogP contribution >= 0.6 is 0 Å². The quantitative estimate of drug-likeness (QED) is 0.798. The normalized spacial score (nSPS) is 12.5. The van der Waals surface area contributed by atoms with Gasteiger partial charge in [0.15, 0.2) is 5.65 Å². The number of carboxylic acids is 1. The van der Waals surface area contributed by atoms with E-state index >= 15 is 0 Å². The number of hydrogen-bond donors (Lipinski definition) is 2. The Labute approximate surface area is 104 Å². The van der Waals surface area contributed by atoms with Crippen LogP contribution in [0.15, 0.2) is 18.7 Å². The number of nitrogens with one attached hydrogen (secondary N) is 1. The van der Waals surface area contributed by atoms with Gasteiger partial charge < -0.3 is 10.4 Å². The second-order valence-corrected chi connectivity index (χ2v) is 4.03. The molecule has 0 bridgehead atoms. The highest BCUT2D eigenvalue weighted by molar-refractivity contribution is 5.76. The molecule has 7 nitrogen and oxygen atoms in total. The molecule has 0 amide bonds. The summed E-state index contributed by atoms with van der Waals surface area (Å²) in [7, 11) is 0. The minimum Gasteiger partial charge on any atom is -0.480 e. The lowest BCUT2D eigenvalue weighted by atomic mass is 10.1. The summed E-state index contributed by atoms with van der Waals surface area (Å²) in [5.74, 6) is -0.283. The molecule has 0 fully saturated rings. The maximum atomic E-state index is 11.2. The zero-order chi connectivity index (χ0) is 13.0. The van der Waals surface area contributed by atoms with Gasteiger partial charge >= 0.3 is 5.97 Å². The van der Waals surface area contributed by atoms with Crippen molar-refractivity contribution >= 4 is 17.4 Å². The topological polar surface area (TPSA) is 92.4 Å². The summed E-state index contributed by atoms with van der Waals surface area (Å²) in [4.78, 5) is 15.2. The number of aliphatic carboxylic acids is 1. The van der Waals surface area contributed by atoms with E-state index in [1.807, 2.05) is 6.92 Å². The largest absolute Gasteiger partial charge is 0.480 e. The lowest BCUT2D eigenvalue weighted by Crippen LogP contribution is -2.30. The fraction of sp³-hybridized carbons (Fsp3) is 0.455. The molecule has 0 saturated heterocycles. The van der Waals surface area contributed by atoms with Crippen LogP contribution in [0, 0.1) is 0 Å². The molecular formula is C11H15N5O2. The molecule has 2 N–H and O–H groups in total. The van der Waals surface area contributed by atoms with Gasteiger partial charge in [0.2, 0.25) is 0 Å². The Morgan fingerprint density at radius 1 is 1.56 bits per heavy atom. The molecule has 2 rings (SSSR count). The first kappa shape index (κ1) is 12.3. The molecule has 96 valence electrons. The predicted molar refractivity (Wildman–Crippen MR) is 65.4 cm³/mol. The highest BCUT2D eigenvalue weighted by atomic mass is 16.4. The van der Waals surface area contributed by atoms with Gasteiger partial charge in [-0.25, -0.2) is 4.79 Å². The van der Waals surface area contributed by atoms with Gasteiger partial charge in [0.25, 0.3) is 0 Å². The summed E-state index contributed by atoms with van der Waals surface area (Å²) in [6, 6.07) is -0.625. The third kappa shape index (κ3) is 2.55. The number of fused-ring (bicyclic) bond motifs is 1. The number of unbranched alkanes of at least 4 members (excludes halogenated alkanes) is 1. The van der Waals surface area contributed by atoms with Crippen LogP contribution < -0.4 is 5.32 Å². The Balaban J connectivity index is 2.20. The highest BCUT2D eigenvalue weighted by Crippen LogP contribution is 2.12. The van der Waals surface area contributed by atoms with Gasteiger partial charge in [0.1, 0.15) is 18.2 Å². The highest BCUT2D eigenvalue weighted by Gasteiger charge is 2.17. The van der Waals surface area contributed by atoms with Crippen LogP contribution in [0.4, 0.5) is 5.82 Å². The van der Waals surface area contributed by atoms with Crippen molar-refractivity contribution in [1.29, 1.82) is 0 Å². The molecule has 0 aliphatic heterocycles. The van der Waals surface area contributed by atoms with E-state index in [1.165, 1.54) is 6.33 Å². The van der Waals surface area contributed by atoms with Crippen LogP contribution in [-0.4, -0.2) is 36.7 Å². The van der Waals surface area contributed by atoms with Gasteiger partial charge in [-0.1, -0.05) is 19.8 Å². The molecule has 2 aromatic heterocycles. The number of carbonyl (C=O) groups is 1. The number of carboxylic acid groups (broad SMARTS) is 1. The third-order valence-electron chi connectivity index (χ3n) is 2.69. The molecule has 1 atom stereocenters. The van der Waals surface area contributed by atoms with Gasteiger partial charge in [0, 0.05) is 0 Å². The van der Waals surface area contributed by atoms with Crippen molar-refractivity contribution in [2.45, 2.75) is 32.2 Å². The van der Waals surface area contributed by atoms with E-state index in [2.05, 4.69) is 20.5 Å². The molecular weight excluding hydrogens is 234 g/mol. The molecule has 18 heavy (non-hydrogen) atoms. The zero-order valence-corrected chi connectivity index (χ0v) is 10.1. The molecule has 2 heterocycles. The molecule has 0 saturated carbocycles. The molecule has 0 aromatic carbocycles. The van der Waals surface area contributed by atoms with E-state index in [-0.39, 0.29) is 0 Å². The Hall–Kier alpha value is -2.18. The average Bonchev–Trinajstić information content (AvgIpc) is 2.83. The fourth-order valence-electron chi connectivity index (χ4n) is 1.71. The van der Waals surface area contributed by atoms with Crippen LogP contribution in [0.1, 0.15) is 26.2 Å². The minimum absolute atomic E-state index is 0.574. The van der Waals surface area contributed by atoms with Gasteiger partial charge in [-0.05, 0) is 6.42 Å². The van der Waals surface area contributed by atoms with E-state index in [0.29, 0.717) is 17.9 Å². The lowest BCUT2D eigenvalue weighted by Gasteiger charge is -2.15. The predicted octanol–water partition coefficient (Wildman–Crippen LogP) is 1.18. The number of hydrogen-bond acceptors (Lipinski definition) is 5. The first-order valence-electron chi connectivity index (χ1n) is 5.85. The van der Waals surface area contributed by atoms with Crippen LogP contribution in [0.3, 0.4) is 0 Å². The van der Waals surface area contributed by atoms with Gasteiger partial charge in [0.05, 0.1) is 12.4 Å². The molecule has 2 aromatic rings. The molecule has 0 spiro atoms. The second kappa shape index (κ2) is 5.44. The van der Waals surface area contributed by atoms with Crippen molar-refractivity contribution in [2.24, 2.45) is 0 Å². The van der Waals surface area contributed by atoms with Crippen molar-refractivity contribution in [3.63, 3.8) is 0 Å². The third-order valence-corrected chi connectivity index (χ3v) is 2.69. The van der Waals surface area contributed by atoms with Crippen molar-refractivity contribution in [2.75, 3.05) is 5.32 Å². The van der Waals surface area contributed by atoms with Crippen molar-refractivity contribution in [3.05, 3.63) is 18.7 Å². The summed E-state index contributed by atoms with van der Waals surface area (Å²) in [5, 5.41) is 19.7. The van der Waals surface area contributed by atoms with Crippen molar-refractivity contribution in [3.8, 4) is 0 Å². The second-order valence-electron chi connectivity index (χ2n) is 4.03. The van der Waals surface area contributed by atoms with Gasteiger partial charge in [-0.3, -0.25) is 9.38 Å². The Bertz CT molecular complexity index is 539. The summed E-state index contributed by atoms with van der Waals surface area (Å²) in [5.41, 5.74) is 0.583. The van der Waals surface area contributed by atoms with Crippen LogP contribution in [0.2, 0.25) is 0 Å².